The van der Waals surface area contributed by atoms with Crippen LogP contribution < -0.4 is 0 Å². The minimum Gasteiger partial charge on any atom is -0.391 e. The van der Waals surface area contributed by atoms with Crippen molar-refractivity contribution in [1.82, 2.24) is 0 Å². The number of aliphatic hydroxyl groups excluding tert-OH is 1. The summed E-state index contributed by atoms with van der Waals surface area (Å²) in [6, 6.07) is 14.0. The van der Waals surface area contributed by atoms with Gasteiger partial charge in [0, 0.05) is 11.1 Å². The SMILES string of the molecule is CCCCCc1ccc(-c2c(-c3ccc(C#N)c(F)c3)cc(F)c(CO)c2F)cc1. The molecule has 0 saturated carbocycles. The lowest BCUT2D eigenvalue weighted by atomic mass is 9.90. The van der Waals surface area contributed by atoms with Gasteiger partial charge in [-0.3, -0.25) is 0 Å². The van der Waals surface area contributed by atoms with Crippen LogP contribution in [0.15, 0.2) is 48.5 Å². The van der Waals surface area contributed by atoms with E-state index in [0.717, 1.165) is 43.4 Å². The molecule has 0 atom stereocenters. The molecule has 3 aromatic rings. The highest BCUT2D eigenvalue weighted by Crippen LogP contribution is 2.38. The van der Waals surface area contributed by atoms with Gasteiger partial charge in [0.25, 0.3) is 0 Å². The number of nitriles is 1. The maximum absolute atomic E-state index is 15.2. The predicted octanol–water partition coefficient (Wildman–Crippen LogP) is 6.53. The third-order valence-electron chi connectivity index (χ3n) is 5.18. The molecule has 154 valence electrons. The fourth-order valence-corrected chi connectivity index (χ4v) is 3.51. The molecule has 0 bridgehead atoms. The van der Waals surface area contributed by atoms with Crippen LogP contribution in [0.4, 0.5) is 13.2 Å². The van der Waals surface area contributed by atoms with Crippen molar-refractivity contribution >= 4 is 0 Å². The fourth-order valence-electron chi connectivity index (χ4n) is 3.51. The first-order chi connectivity index (χ1) is 14.5. The molecular weight excluding hydrogens is 387 g/mol. The topological polar surface area (TPSA) is 44.0 Å². The van der Waals surface area contributed by atoms with Crippen LogP contribution in [0, 0.1) is 28.8 Å². The number of aryl methyl sites for hydroxylation is 1. The summed E-state index contributed by atoms with van der Waals surface area (Å²) in [7, 11) is 0. The lowest BCUT2D eigenvalue weighted by Crippen LogP contribution is -2.01. The summed E-state index contributed by atoms with van der Waals surface area (Å²) >= 11 is 0. The minimum atomic E-state index is -0.908. The smallest absolute Gasteiger partial charge is 0.141 e. The number of hydrogen-bond acceptors (Lipinski definition) is 2. The van der Waals surface area contributed by atoms with E-state index in [1.54, 1.807) is 18.2 Å². The van der Waals surface area contributed by atoms with E-state index < -0.39 is 29.6 Å². The van der Waals surface area contributed by atoms with Gasteiger partial charge in [0.1, 0.15) is 23.5 Å². The fraction of sp³-hybridized carbons (Fsp3) is 0.240. The number of nitrogens with zero attached hydrogens (tertiary/aromatic N) is 1. The van der Waals surface area contributed by atoms with Gasteiger partial charge in [0.15, 0.2) is 0 Å². The number of benzene rings is 3. The molecule has 3 aromatic carbocycles. The molecule has 0 aromatic heterocycles. The average molecular weight is 409 g/mol. The molecule has 3 rings (SSSR count). The van der Waals surface area contributed by atoms with Crippen molar-refractivity contribution in [2.45, 2.75) is 39.2 Å². The molecule has 2 nitrogen and oxygen atoms in total. The molecule has 30 heavy (non-hydrogen) atoms. The van der Waals surface area contributed by atoms with E-state index in [2.05, 4.69) is 6.92 Å². The lowest BCUT2D eigenvalue weighted by molar-refractivity contribution is 0.269. The van der Waals surface area contributed by atoms with Crippen LogP contribution >= 0.6 is 0 Å². The van der Waals surface area contributed by atoms with Gasteiger partial charge in [0.2, 0.25) is 0 Å². The number of hydrogen-bond donors (Lipinski definition) is 1. The molecule has 0 aliphatic heterocycles. The van der Waals surface area contributed by atoms with Gasteiger partial charge < -0.3 is 5.11 Å². The van der Waals surface area contributed by atoms with Gasteiger partial charge in [-0.2, -0.15) is 5.26 Å². The monoisotopic (exact) mass is 409 g/mol. The van der Waals surface area contributed by atoms with Crippen molar-refractivity contribution in [3.63, 3.8) is 0 Å². The van der Waals surface area contributed by atoms with Crippen LogP contribution in [0.2, 0.25) is 0 Å². The minimum absolute atomic E-state index is 0.0877. The number of rotatable bonds is 7. The average Bonchev–Trinajstić information content (AvgIpc) is 2.74. The number of unbranched alkanes of at least 4 members (excludes halogenated alkanes) is 2. The Morgan fingerprint density at radius 3 is 2.20 bits per heavy atom. The Labute approximate surface area is 174 Å². The second kappa shape index (κ2) is 9.60. The maximum atomic E-state index is 15.2. The van der Waals surface area contributed by atoms with Crippen molar-refractivity contribution in [2.75, 3.05) is 0 Å². The van der Waals surface area contributed by atoms with Gasteiger partial charge in [-0.1, -0.05) is 50.1 Å². The first-order valence-corrected chi connectivity index (χ1v) is 9.91. The van der Waals surface area contributed by atoms with Crippen LogP contribution in [-0.4, -0.2) is 5.11 Å². The Bertz CT molecular complexity index is 1090. The highest BCUT2D eigenvalue weighted by molar-refractivity contribution is 5.85. The first kappa shape index (κ1) is 21.6. The standard InChI is InChI=1S/C25H22F3NO/c1-2-3-4-5-16-6-8-17(9-7-16)24-20(13-23(27)21(15-30)25(24)28)18-10-11-19(14-29)22(26)12-18/h6-13,30H,2-5,15H2,1H3. The highest BCUT2D eigenvalue weighted by Gasteiger charge is 2.21. The van der Waals surface area contributed by atoms with E-state index in [1.807, 2.05) is 12.1 Å². The van der Waals surface area contributed by atoms with Crippen LogP contribution in [0.3, 0.4) is 0 Å². The van der Waals surface area contributed by atoms with Crippen LogP contribution in [0.5, 0.6) is 0 Å². The first-order valence-electron chi connectivity index (χ1n) is 9.91. The number of halogens is 3. The third-order valence-corrected chi connectivity index (χ3v) is 5.18. The Morgan fingerprint density at radius 1 is 0.900 bits per heavy atom. The quantitative estimate of drug-likeness (QED) is 0.451. The van der Waals surface area contributed by atoms with Gasteiger partial charge in [-0.15, -0.1) is 0 Å². The van der Waals surface area contributed by atoms with Gasteiger partial charge in [0.05, 0.1) is 12.2 Å². The summed E-state index contributed by atoms with van der Waals surface area (Å²) in [5, 5.41) is 18.4. The molecule has 0 saturated heterocycles. The molecule has 1 N–H and O–H groups in total. The summed E-state index contributed by atoms with van der Waals surface area (Å²) in [4.78, 5) is 0. The Kier molecular flexibility index (Phi) is 6.91. The second-order valence-corrected chi connectivity index (χ2v) is 7.19. The van der Waals surface area contributed by atoms with E-state index >= 15 is 4.39 Å². The molecule has 0 aliphatic rings. The summed E-state index contributed by atoms with van der Waals surface area (Å²) in [6.45, 7) is 1.34. The molecule has 0 fully saturated rings. The van der Waals surface area contributed by atoms with Crippen molar-refractivity contribution in [2.24, 2.45) is 0 Å². The van der Waals surface area contributed by atoms with E-state index in [0.29, 0.717) is 5.56 Å². The van der Waals surface area contributed by atoms with Crippen molar-refractivity contribution in [3.8, 4) is 28.3 Å². The van der Waals surface area contributed by atoms with Crippen LogP contribution in [0.25, 0.3) is 22.3 Å². The zero-order chi connectivity index (χ0) is 21.7. The summed E-state index contributed by atoms with van der Waals surface area (Å²) in [5.41, 5.74) is 1.52. The van der Waals surface area contributed by atoms with Crippen LogP contribution in [-0.2, 0) is 13.0 Å². The molecule has 0 heterocycles. The molecular formula is C25H22F3NO. The molecule has 0 spiro atoms. The van der Waals surface area contributed by atoms with E-state index in [-0.39, 0.29) is 22.3 Å². The molecule has 0 unspecified atom stereocenters. The molecule has 0 radical (unpaired) electrons. The largest absolute Gasteiger partial charge is 0.391 e. The highest BCUT2D eigenvalue weighted by atomic mass is 19.1. The zero-order valence-corrected chi connectivity index (χ0v) is 16.7. The Balaban J connectivity index is 2.13. The Morgan fingerprint density at radius 2 is 1.60 bits per heavy atom. The van der Waals surface area contributed by atoms with Gasteiger partial charge >= 0.3 is 0 Å². The zero-order valence-electron chi connectivity index (χ0n) is 16.7. The second-order valence-electron chi connectivity index (χ2n) is 7.19. The van der Waals surface area contributed by atoms with E-state index in [9.17, 15) is 13.9 Å². The summed E-state index contributed by atoms with van der Waals surface area (Å²) < 4.78 is 43.8. The van der Waals surface area contributed by atoms with E-state index in [4.69, 9.17) is 5.26 Å². The molecule has 0 aliphatic carbocycles. The van der Waals surface area contributed by atoms with E-state index in [1.165, 1.54) is 12.1 Å². The van der Waals surface area contributed by atoms with Crippen molar-refractivity contribution in [1.29, 1.82) is 5.26 Å². The van der Waals surface area contributed by atoms with Gasteiger partial charge in [-0.25, -0.2) is 13.2 Å². The molecule has 0 amide bonds. The predicted molar refractivity (Wildman–Crippen MR) is 111 cm³/mol. The Hall–Kier alpha value is -3.10. The lowest BCUT2D eigenvalue weighted by Gasteiger charge is -2.16. The number of aliphatic hydroxyl groups is 1. The van der Waals surface area contributed by atoms with Gasteiger partial charge in [-0.05, 0) is 53.3 Å². The third kappa shape index (κ3) is 4.39. The molecule has 5 heteroatoms. The summed E-state index contributed by atoms with van der Waals surface area (Å²) in [6.07, 6.45) is 4.22. The van der Waals surface area contributed by atoms with Crippen LogP contribution in [0.1, 0.15) is 42.9 Å². The summed E-state index contributed by atoms with van der Waals surface area (Å²) in [5.74, 6) is -2.55. The maximum Gasteiger partial charge on any atom is 0.141 e. The van der Waals surface area contributed by atoms with Crippen molar-refractivity contribution in [3.05, 3.63) is 82.7 Å². The normalized spacial score (nSPS) is 10.8. The van der Waals surface area contributed by atoms with Crippen molar-refractivity contribution < 1.29 is 18.3 Å².